The fourth-order valence-corrected chi connectivity index (χ4v) is 5.93. The van der Waals surface area contributed by atoms with Crippen LogP contribution in [0.15, 0.2) is 0 Å². The molecule has 0 spiro atoms. The van der Waals surface area contributed by atoms with Crippen LogP contribution in [-0.4, -0.2) is 44.6 Å². The average molecular weight is 290 g/mol. The number of hydrogen-bond donors (Lipinski definition) is 1. The van der Waals surface area contributed by atoms with Gasteiger partial charge in [-0.3, -0.25) is 0 Å². The van der Waals surface area contributed by atoms with Crippen molar-refractivity contribution in [1.82, 2.24) is 0 Å². The number of aliphatic hydroxyl groups is 1. The highest BCUT2D eigenvalue weighted by Gasteiger charge is 2.48. The Morgan fingerprint density at radius 1 is 1.26 bits per heavy atom. The van der Waals surface area contributed by atoms with Crippen LogP contribution in [0, 0.1) is 0 Å². The molecule has 114 valence electrons. The fraction of sp³-hybridized carbons (Fsp3) is 1.00. The summed E-state index contributed by atoms with van der Waals surface area (Å²) in [6, 6.07) is 3.23. The van der Waals surface area contributed by atoms with Gasteiger partial charge in [0.25, 0.3) is 0 Å². The molecule has 1 heterocycles. The second-order valence-corrected chi connectivity index (χ2v) is 10.6. The van der Waals surface area contributed by atoms with Crippen molar-refractivity contribution in [1.29, 1.82) is 0 Å². The predicted octanol–water partition coefficient (Wildman–Crippen LogP) is 2.91. The van der Waals surface area contributed by atoms with Gasteiger partial charge in [-0.1, -0.05) is 20.8 Å². The molecule has 19 heavy (non-hydrogen) atoms. The molecule has 0 aromatic carbocycles. The molecule has 1 N–H and O–H groups in total. The van der Waals surface area contributed by atoms with Gasteiger partial charge in [0.15, 0.2) is 14.6 Å². The molecule has 4 atom stereocenters. The zero-order valence-electron chi connectivity index (χ0n) is 13.2. The van der Waals surface area contributed by atoms with E-state index >= 15 is 0 Å². The molecule has 1 aliphatic heterocycles. The Morgan fingerprint density at radius 2 is 1.79 bits per heavy atom. The molecule has 0 amide bonds. The van der Waals surface area contributed by atoms with Gasteiger partial charge in [-0.15, -0.1) is 0 Å². The van der Waals surface area contributed by atoms with Crippen LogP contribution in [0.1, 0.15) is 41.0 Å². The lowest BCUT2D eigenvalue weighted by Gasteiger charge is -2.47. The smallest absolute Gasteiger partial charge is 0.192 e. The summed E-state index contributed by atoms with van der Waals surface area (Å²) in [6.45, 7) is 10.4. The van der Waals surface area contributed by atoms with E-state index in [4.69, 9.17) is 13.9 Å². The first kappa shape index (κ1) is 17.1. The van der Waals surface area contributed by atoms with Gasteiger partial charge in [0.2, 0.25) is 0 Å². The first-order valence-corrected chi connectivity index (χ1v) is 9.95. The Balaban J connectivity index is 2.86. The summed E-state index contributed by atoms with van der Waals surface area (Å²) < 4.78 is 17.5. The molecule has 1 rings (SSSR count). The molecule has 4 nitrogen and oxygen atoms in total. The van der Waals surface area contributed by atoms with E-state index < -0.39 is 13.9 Å². The summed E-state index contributed by atoms with van der Waals surface area (Å²) in [5.74, 6) is 0. The topological polar surface area (TPSA) is 47.9 Å². The second-order valence-electron chi connectivity index (χ2n) is 5.85. The first-order valence-electron chi connectivity index (χ1n) is 7.42. The first-order chi connectivity index (χ1) is 8.84. The highest BCUT2D eigenvalue weighted by molar-refractivity contribution is 6.73. The van der Waals surface area contributed by atoms with Crippen LogP contribution < -0.4 is 0 Å². The van der Waals surface area contributed by atoms with E-state index in [1.165, 1.54) is 0 Å². The lowest BCUT2D eigenvalue weighted by molar-refractivity contribution is -0.261. The summed E-state index contributed by atoms with van der Waals surface area (Å²) >= 11 is 0. The van der Waals surface area contributed by atoms with Crippen LogP contribution in [0.25, 0.3) is 0 Å². The molecule has 0 radical (unpaired) electrons. The summed E-state index contributed by atoms with van der Waals surface area (Å²) in [5.41, 5.74) is -0.893. The van der Waals surface area contributed by atoms with Crippen LogP contribution in [0.5, 0.6) is 0 Å². The molecule has 5 heteroatoms. The van der Waals surface area contributed by atoms with Gasteiger partial charge >= 0.3 is 0 Å². The molecule has 1 unspecified atom stereocenters. The monoisotopic (exact) mass is 290 g/mol. The van der Waals surface area contributed by atoms with E-state index in [0.717, 1.165) is 18.1 Å². The van der Waals surface area contributed by atoms with Gasteiger partial charge in [-0.2, -0.15) is 0 Å². The van der Waals surface area contributed by atoms with Gasteiger partial charge < -0.3 is 19.0 Å². The van der Waals surface area contributed by atoms with Crippen LogP contribution in [0.2, 0.25) is 18.1 Å². The number of rotatable bonds is 6. The summed E-state index contributed by atoms with van der Waals surface area (Å²) in [7, 11) is -0.139. The Labute approximate surface area is 118 Å². The van der Waals surface area contributed by atoms with Crippen molar-refractivity contribution in [2.45, 2.75) is 83.3 Å². The maximum Gasteiger partial charge on any atom is 0.192 e. The predicted molar refractivity (Wildman–Crippen MR) is 78.7 cm³/mol. The van der Waals surface area contributed by atoms with Crippen molar-refractivity contribution in [3.63, 3.8) is 0 Å². The van der Waals surface area contributed by atoms with Crippen LogP contribution in [-0.2, 0) is 13.9 Å². The zero-order chi connectivity index (χ0) is 14.7. The van der Waals surface area contributed by atoms with Crippen molar-refractivity contribution in [2.75, 3.05) is 7.11 Å². The quantitative estimate of drug-likeness (QED) is 0.764. The van der Waals surface area contributed by atoms with E-state index in [1.54, 1.807) is 7.11 Å². The molecule has 1 fully saturated rings. The largest absolute Gasteiger partial charge is 0.408 e. The third-order valence-electron chi connectivity index (χ3n) is 4.56. The third kappa shape index (κ3) is 3.79. The molecule has 1 aliphatic rings. The zero-order valence-corrected chi connectivity index (χ0v) is 14.2. The Morgan fingerprint density at radius 3 is 2.16 bits per heavy atom. The van der Waals surface area contributed by atoms with E-state index in [0.29, 0.717) is 6.42 Å². The lowest BCUT2D eigenvalue weighted by atomic mass is 9.89. The lowest BCUT2D eigenvalue weighted by Crippen LogP contribution is -2.60. The fourth-order valence-electron chi connectivity index (χ4n) is 2.95. The number of hydrogen-bond acceptors (Lipinski definition) is 4. The van der Waals surface area contributed by atoms with Crippen molar-refractivity contribution >= 4 is 8.32 Å². The molecular formula is C14H30O4Si. The maximum atomic E-state index is 10.7. The molecule has 0 aliphatic carbocycles. The standard InChI is InChI=1S/C14H30O4Si/c1-7-19(8-2,9-3)18-13-11(4)17-12(16-6)10-14(13,5)15/h11-13,15H,7-10H2,1-6H3/t11-,12?,13-,14+/m0/s1. The minimum Gasteiger partial charge on any atom is -0.408 e. The maximum absolute atomic E-state index is 10.7. The van der Waals surface area contributed by atoms with Crippen molar-refractivity contribution in [3.05, 3.63) is 0 Å². The SMILES string of the molecule is CC[Si](CC)(CC)O[C@H]1[C@H](C)OC(OC)C[C@@]1(C)O. The van der Waals surface area contributed by atoms with Gasteiger partial charge in [0.1, 0.15) is 0 Å². The van der Waals surface area contributed by atoms with Crippen molar-refractivity contribution in [3.8, 4) is 0 Å². The molecule has 0 aromatic rings. The normalized spacial score (nSPS) is 36.5. The number of methoxy groups -OCH3 is 1. The summed E-state index contributed by atoms with van der Waals surface area (Å²) in [5, 5.41) is 10.7. The van der Waals surface area contributed by atoms with Gasteiger partial charge in [0.05, 0.1) is 17.8 Å². The molecule has 0 saturated carbocycles. The molecule has 0 aromatic heterocycles. The Hall–Kier alpha value is 0.0569. The van der Waals surface area contributed by atoms with Gasteiger partial charge in [0, 0.05) is 13.5 Å². The minimum absolute atomic E-state index is 0.148. The highest BCUT2D eigenvalue weighted by Crippen LogP contribution is 2.35. The second kappa shape index (κ2) is 6.67. The van der Waals surface area contributed by atoms with Gasteiger partial charge in [-0.25, -0.2) is 0 Å². The third-order valence-corrected chi connectivity index (χ3v) is 9.18. The van der Waals surface area contributed by atoms with E-state index in [2.05, 4.69) is 20.8 Å². The van der Waals surface area contributed by atoms with E-state index in [1.807, 2.05) is 13.8 Å². The molecule has 0 bridgehead atoms. The Kier molecular flexibility index (Phi) is 6.01. The van der Waals surface area contributed by atoms with Crippen molar-refractivity contribution in [2.24, 2.45) is 0 Å². The molecule has 1 saturated heterocycles. The van der Waals surface area contributed by atoms with Crippen molar-refractivity contribution < 1.29 is 19.0 Å². The van der Waals surface area contributed by atoms with E-state index in [-0.39, 0.29) is 18.5 Å². The highest BCUT2D eigenvalue weighted by atomic mass is 28.4. The van der Waals surface area contributed by atoms with Crippen LogP contribution in [0.4, 0.5) is 0 Å². The van der Waals surface area contributed by atoms with Crippen LogP contribution >= 0.6 is 0 Å². The van der Waals surface area contributed by atoms with E-state index in [9.17, 15) is 5.11 Å². The minimum atomic E-state index is -1.75. The van der Waals surface area contributed by atoms with Gasteiger partial charge in [-0.05, 0) is 32.0 Å². The molecular weight excluding hydrogens is 260 g/mol. The van der Waals surface area contributed by atoms with Crippen LogP contribution in [0.3, 0.4) is 0 Å². The summed E-state index contributed by atoms with van der Waals surface area (Å²) in [6.07, 6.45) is -0.290. The number of ether oxygens (including phenoxy) is 2. The Bertz CT molecular complexity index is 270. The summed E-state index contributed by atoms with van der Waals surface area (Å²) in [4.78, 5) is 0. The average Bonchev–Trinajstić information content (AvgIpc) is 2.38.